The highest BCUT2D eigenvalue weighted by Crippen LogP contribution is 2.42. The molecule has 0 spiro atoms. The van der Waals surface area contributed by atoms with E-state index in [9.17, 15) is 9.90 Å². The minimum Gasteiger partial charge on any atom is -0.491 e. The van der Waals surface area contributed by atoms with Crippen LogP contribution in [0.3, 0.4) is 0 Å². The molecule has 2 fully saturated rings. The molecule has 2 aliphatic rings. The van der Waals surface area contributed by atoms with Crippen LogP contribution in [0.5, 0.6) is 5.75 Å². The third-order valence-electron chi connectivity index (χ3n) is 5.47. The van der Waals surface area contributed by atoms with Crippen LogP contribution in [-0.2, 0) is 11.1 Å². The van der Waals surface area contributed by atoms with E-state index in [0.717, 1.165) is 19.3 Å². The summed E-state index contributed by atoms with van der Waals surface area (Å²) in [7, 11) is 0. The Kier molecular flexibility index (Phi) is 4.61. The lowest BCUT2D eigenvalue weighted by Gasteiger charge is -2.37. The van der Waals surface area contributed by atoms with E-state index in [1.807, 2.05) is 0 Å². The Morgan fingerprint density at radius 3 is 2.75 bits per heavy atom. The monoisotopic (exact) mass is 386 g/mol. The maximum atomic E-state index is 13.0. The van der Waals surface area contributed by atoms with Crippen LogP contribution in [0.2, 0.25) is 0 Å². The average molecular weight is 386 g/mol. The van der Waals surface area contributed by atoms with Crippen molar-refractivity contribution in [1.82, 2.24) is 20.4 Å². The normalized spacial score (nSPS) is 18.4. The Hall–Kier alpha value is -2.48. The van der Waals surface area contributed by atoms with E-state index >= 15 is 0 Å². The van der Waals surface area contributed by atoms with Crippen molar-refractivity contribution in [3.8, 4) is 5.75 Å². The van der Waals surface area contributed by atoms with Crippen LogP contribution in [0.1, 0.15) is 73.7 Å². The van der Waals surface area contributed by atoms with Gasteiger partial charge in [0.15, 0.2) is 17.3 Å². The molecule has 0 aliphatic heterocycles. The molecule has 1 amide bonds. The molecule has 8 nitrogen and oxygen atoms in total. The minimum atomic E-state index is -0.860. The quantitative estimate of drug-likeness (QED) is 0.752. The van der Waals surface area contributed by atoms with Crippen molar-refractivity contribution in [2.24, 2.45) is 5.92 Å². The van der Waals surface area contributed by atoms with E-state index in [1.165, 1.54) is 0 Å². The van der Waals surface area contributed by atoms with Crippen molar-refractivity contribution in [2.75, 3.05) is 6.61 Å². The Labute approximate surface area is 163 Å². The van der Waals surface area contributed by atoms with Gasteiger partial charge in [-0.25, -0.2) is 4.98 Å². The van der Waals surface area contributed by atoms with E-state index in [1.54, 1.807) is 33.0 Å². The molecule has 8 heteroatoms. The predicted molar refractivity (Wildman–Crippen MR) is 99.7 cm³/mol. The molecule has 0 radical (unpaired) electrons. The lowest BCUT2D eigenvalue weighted by molar-refractivity contribution is -0.0392. The number of nitrogens with zero attached hydrogens (tertiary/aromatic N) is 3. The van der Waals surface area contributed by atoms with Crippen LogP contribution in [0.15, 0.2) is 16.8 Å². The molecule has 4 rings (SSSR count). The van der Waals surface area contributed by atoms with Crippen LogP contribution in [0.25, 0.3) is 0 Å². The second-order valence-corrected chi connectivity index (χ2v) is 8.43. The van der Waals surface area contributed by atoms with E-state index in [0.29, 0.717) is 48.4 Å². The number of aliphatic hydroxyl groups is 1. The summed E-state index contributed by atoms with van der Waals surface area (Å²) in [5.41, 5.74) is -0.800. The number of aryl methyl sites for hydroxylation is 1. The first kappa shape index (κ1) is 18.9. The number of hydrogen-bond donors (Lipinski definition) is 2. The number of amides is 1. The number of rotatable bonds is 7. The number of hydrogen-bond acceptors (Lipinski definition) is 7. The molecule has 0 atom stereocenters. The maximum Gasteiger partial charge on any atom is 0.274 e. The SMILES string of the molecule is Cc1nc(C(C)(C)NC(=O)c2ncc(C3(O)CCC3)cc2OCC2CC2)no1. The van der Waals surface area contributed by atoms with Crippen LogP contribution in [0.4, 0.5) is 0 Å². The molecule has 28 heavy (non-hydrogen) atoms. The number of aromatic nitrogens is 3. The maximum absolute atomic E-state index is 13.0. The topological polar surface area (TPSA) is 110 Å². The first-order valence-corrected chi connectivity index (χ1v) is 9.76. The minimum absolute atomic E-state index is 0.195. The Bertz CT molecular complexity index is 884. The second kappa shape index (κ2) is 6.84. The first-order chi connectivity index (χ1) is 13.3. The number of ether oxygens (including phenoxy) is 1. The van der Waals surface area contributed by atoms with Crippen molar-refractivity contribution < 1.29 is 19.2 Å². The third kappa shape index (κ3) is 3.73. The van der Waals surface area contributed by atoms with E-state index < -0.39 is 11.1 Å². The number of carbonyl (C=O) groups is 1. The Morgan fingerprint density at radius 2 is 2.18 bits per heavy atom. The van der Waals surface area contributed by atoms with Crippen LogP contribution in [0, 0.1) is 12.8 Å². The lowest BCUT2D eigenvalue weighted by Crippen LogP contribution is -2.42. The van der Waals surface area contributed by atoms with Crippen molar-refractivity contribution in [3.05, 3.63) is 35.2 Å². The zero-order chi connectivity index (χ0) is 19.9. The molecular formula is C20H26N4O4. The lowest BCUT2D eigenvalue weighted by atomic mass is 9.75. The van der Waals surface area contributed by atoms with Crippen molar-refractivity contribution in [2.45, 2.75) is 64.0 Å². The van der Waals surface area contributed by atoms with Gasteiger partial charge in [0.25, 0.3) is 5.91 Å². The van der Waals surface area contributed by atoms with Gasteiger partial charge in [0.1, 0.15) is 0 Å². The predicted octanol–water partition coefficient (Wildman–Crippen LogP) is 2.60. The largest absolute Gasteiger partial charge is 0.491 e. The fourth-order valence-corrected chi connectivity index (χ4v) is 3.22. The number of pyridine rings is 1. The first-order valence-electron chi connectivity index (χ1n) is 9.76. The van der Waals surface area contributed by atoms with Crippen molar-refractivity contribution in [3.63, 3.8) is 0 Å². The third-order valence-corrected chi connectivity index (χ3v) is 5.47. The molecule has 2 saturated carbocycles. The summed E-state index contributed by atoms with van der Waals surface area (Å²) in [6.45, 7) is 5.84. The molecule has 150 valence electrons. The molecule has 2 aromatic heterocycles. The fourth-order valence-electron chi connectivity index (χ4n) is 3.22. The van der Waals surface area contributed by atoms with Gasteiger partial charge in [-0.05, 0) is 57.9 Å². The van der Waals surface area contributed by atoms with E-state index in [-0.39, 0.29) is 11.6 Å². The molecule has 0 aromatic carbocycles. The van der Waals surface area contributed by atoms with Gasteiger partial charge < -0.3 is 19.7 Å². The zero-order valence-electron chi connectivity index (χ0n) is 16.5. The highest BCUT2D eigenvalue weighted by Gasteiger charge is 2.38. The average Bonchev–Trinajstić information content (AvgIpc) is 3.35. The van der Waals surface area contributed by atoms with Gasteiger partial charge in [-0.15, -0.1) is 0 Å². The summed E-state index contributed by atoms with van der Waals surface area (Å²) in [5, 5.41) is 17.4. The Balaban J connectivity index is 1.58. The van der Waals surface area contributed by atoms with Crippen LogP contribution < -0.4 is 10.1 Å². The van der Waals surface area contributed by atoms with E-state index in [2.05, 4.69) is 20.4 Å². The standard InChI is InChI=1S/C20H26N4O4/c1-12-22-18(24-28-12)19(2,3)23-17(25)16-15(27-11-13-5-6-13)9-14(10-21-16)20(26)7-4-8-20/h9-10,13,26H,4-8,11H2,1-3H3,(H,23,25). The summed E-state index contributed by atoms with van der Waals surface area (Å²) < 4.78 is 11.0. The van der Waals surface area contributed by atoms with Gasteiger partial charge in [0, 0.05) is 18.7 Å². The van der Waals surface area contributed by atoms with Gasteiger partial charge in [0.05, 0.1) is 17.7 Å². The Morgan fingerprint density at radius 1 is 1.43 bits per heavy atom. The summed E-state index contributed by atoms with van der Waals surface area (Å²) in [4.78, 5) is 21.5. The van der Waals surface area contributed by atoms with Crippen LogP contribution >= 0.6 is 0 Å². The molecule has 0 unspecified atom stereocenters. The number of carbonyl (C=O) groups excluding carboxylic acids is 1. The fraction of sp³-hybridized carbons (Fsp3) is 0.600. The highest BCUT2D eigenvalue weighted by atomic mass is 16.5. The smallest absolute Gasteiger partial charge is 0.274 e. The van der Waals surface area contributed by atoms with Crippen molar-refractivity contribution in [1.29, 1.82) is 0 Å². The summed E-state index contributed by atoms with van der Waals surface area (Å²) in [6.07, 6.45) is 6.24. The highest BCUT2D eigenvalue weighted by molar-refractivity contribution is 5.95. The molecule has 2 aromatic rings. The summed E-state index contributed by atoms with van der Waals surface area (Å²) in [6, 6.07) is 1.76. The van der Waals surface area contributed by atoms with Gasteiger partial charge in [0.2, 0.25) is 5.89 Å². The molecular weight excluding hydrogens is 360 g/mol. The van der Waals surface area contributed by atoms with Crippen LogP contribution in [-0.4, -0.2) is 32.7 Å². The van der Waals surface area contributed by atoms with Gasteiger partial charge >= 0.3 is 0 Å². The zero-order valence-corrected chi connectivity index (χ0v) is 16.5. The van der Waals surface area contributed by atoms with Crippen molar-refractivity contribution >= 4 is 5.91 Å². The molecule has 2 heterocycles. The van der Waals surface area contributed by atoms with Gasteiger partial charge in [-0.1, -0.05) is 5.16 Å². The number of nitrogens with one attached hydrogen (secondary N) is 1. The van der Waals surface area contributed by atoms with Gasteiger partial charge in [-0.2, -0.15) is 4.98 Å². The molecule has 0 saturated heterocycles. The molecule has 0 bridgehead atoms. The van der Waals surface area contributed by atoms with Gasteiger partial charge in [-0.3, -0.25) is 4.79 Å². The molecule has 2 aliphatic carbocycles. The summed E-state index contributed by atoms with van der Waals surface area (Å²) >= 11 is 0. The summed E-state index contributed by atoms with van der Waals surface area (Å²) in [5.74, 6) is 1.37. The second-order valence-electron chi connectivity index (χ2n) is 8.43. The van der Waals surface area contributed by atoms with E-state index in [4.69, 9.17) is 9.26 Å². The molecule has 2 N–H and O–H groups in total.